The Labute approximate surface area is 109 Å². The van der Waals surface area contributed by atoms with Gasteiger partial charge in [-0.15, -0.1) is 0 Å². The Balaban J connectivity index is 1.78. The Hall–Kier alpha value is -1.88. The number of rotatable bonds is 4. The molecule has 0 aliphatic heterocycles. The van der Waals surface area contributed by atoms with Gasteiger partial charge in [-0.05, 0) is 31.0 Å². The van der Waals surface area contributed by atoms with E-state index in [4.69, 9.17) is 0 Å². The molecule has 0 unspecified atom stereocenters. The predicted molar refractivity (Wildman–Crippen MR) is 69.3 cm³/mol. The SMILES string of the molecule is O=C(NCC1(CO)CC1)c1c[nH]c2cc(F)ccc12. The number of aromatic nitrogens is 1. The third-order valence-electron chi connectivity index (χ3n) is 3.80. The monoisotopic (exact) mass is 262 g/mol. The average Bonchev–Trinajstić information content (AvgIpc) is 3.08. The number of aliphatic hydroxyl groups excluding tert-OH is 1. The van der Waals surface area contributed by atoms with Crippen LogP contribution in [0.2, 0.25) is 0 Å². The maximum Gasteiger partial charge on any atom is 0.253 e. The molecule has 1 fully saturated rings. The summed E-state index contributed by atoms with van der Waals surface area (Å²) >= 11 is 0. The maximum atomic E-state index is 13.1. The third-order valence-corrected chi connectivity index (χ3v) is 3.80. The van der Waals surface area contributed by atoms with Crippen LogP contribution in [-0.2, 0) is 0 Å². The van der Waals surface area contributed by atoms with Crippen LogP contribution in [0.3, 0.4) is 0 Å². The predicted octanol–water partition coefficient (Wildman–Crippen LogP) is 1.81. The number of hydrogen-bond acceptors (Lipinski definition) is 2. The van der Waals surface area contributed by atoms with E-state index in [9.17, 15) is 14.3 Å². The number of benzene rings is 1. The van der Waals surface area contributed by atoms with Crippen LogP contribution in [0.25, 0.3) is 10.9 Å². The number of carbonyl (C=O) groups is 1. The lowest BCUT2D eigenvalue weighted by Gasteiger charge is -2.12. The van der Waals surface area contributed by atoms with Crippen LogP contribution in [0.1, 0.15) is 23.2 Å². The lowest BCUT2D eigenvalue weighted by atomic mass is 10.1. The second kappa shape index (κ2) is 4.35. The number of hydrogen-bond donors (Lipinski definition) is 3. The molecule has 1 aliphatic rings. The van der Waals surface area contributed by atoms with Gasteiger partial charge < -0.3 is 15.4 Å². The van der Waals surface area contributed by atoms with Gasteiger partial charge in [0.1, 0.15) is 5.82 Å². The summed E-state index contributed by atoms with van der Waals surface area (Å²) < 4.78 is 13.1. The van der Waals surface area contributed by atoms with Crippen LogP contribution >= 0.6 is 0 Å². The van der Waals surface area contributed by atoms with Crippen molar-refractivity contribution in [2.75, 3.05) is 13.2 Å². The second-order valence-corrected chi connectivity index (χ2v) is 5.23. The van der Waals surface area contributed by atoms with E-state index in [1.165, 1.54) is 12.1 Å². The first-order valence-corrected chi connectivity index (χ1v) is 6.29. The normalized spacial score (nSPS) is 16.5. The molecule has 100 valence electrons. The molecule has 5 heteroatoms. The Morgan fingerprint density at radius 2 is 2.26 bits per heavy atom. The molecule has 2 aromatic rings. The average molecular weight is 262 g/mol. The number of aliphatic hydroxyl groups is 1. The smallest absolute Gasteiger partial charge is 0.253 e. The van der Waals surface area contributed by atoms with Gasteiger partial charge in [-0.3, -0.25) is 4.79 Å². The number of amides is 1. The number of carbonyl (C=O) groups excluding carboxylic acids is 1. The molecule has 0 spiro atoms. The number of halogens is 1. The molecule has 1 aromatic carbocycles. The fraction of sp³-hybridized carbons (Fsp3) is 0.357. The van der Waals surface area contributed by atoms with Crippen molar-refractivity contribution in [2.24, 2.45) is 5.41 Å². The Morgan fingerprint density at radius 1 is 1.47 bits per heavy atom. The Kier molecular flexibility index (Phi) is 2.78. The number of H-pyrrole nitrogens is 1. The minimum atomic E-state index is -0.335. The summed E-state index contributed by atoms with van der Waals surface area (Å²) in [5, 5.41) is 12.7. The van der Waals surface area contributed by atoms with E-state index in [-0.39, 0.29) is 23.7 Å². The van der Waals surface area contributed by atoms with Crippen molar-refractivity contribution in [3.8, 4) is 0 Å². The first-order valence-electron chi connectivity index (χ1n) is 6.29. The van der Waals surface area contributed by atoms with E-state index in [1.807, 2.05) is 0 Å². The molecule has 19 heavy (non-hydrogen) atoms. The molecular formula is C14H15FN2O2. The van der Waals surface area contributed by atoms with Crippen LogP contribution in [-0.4, -0.2) is 29.1 Å². The molecule has 1 aromatic heterocycles. The summed E-state index contributed by atoms with van der Waals surface area (Å²) in [6, 6.07) is 4.29. The summed E-state index contributed by atoms with van der Waals surface area (Å²) in [5.74, 6) is -0.531. The summed E-state index contributed by atoms with van der Waals surface area (Å²) in [6.45, 7) is 0.586. The zero-order valence-corrected chi connectivity index (χ0v) is 10.4. The third kappa shape index (κ3) is 2.21. The van der Waals surface area contributed by atoms with Gasteiger partial charge >= 0.3 is 0 Å². The Morgan fingerprint density at radius 3 is 2.95 bits per heavy atom. The molecular weight excluding hydrogens is 247 g/mol. The van der Waals surface area contributed by atoms with E-state index >= 15 is 0 Å². The van der Waals surface area contributed by atoms with E-state index < -0.39 is 0 Å². The summed E-state index contributed by atoms with van der Waals surface area (Å²) in [4.78, 5) is 15.0. The topological polar surface area (TPSA) is 65.1 Å². The molecule has 0 bridgehead atoms. The zero-order valence-electron chi connectivity index (χ0n) is 10.4. The van der Waals surface area contributed by atoms with E-state index in [0.717, 1.165) is 12.8 Å². The number of nitrogens with one attached hydrogen (secondary N) is 2. The molecule has 1 aliphatic carbocycles. The van der Waals surface area contributed by atoms with Crippen LogP contribution in [0.5, 0.6) is 0 Å². The number of fused-ring (bicyclic) bond motifs is 1. The molecule has 0 radical (unpaired) electrons. The highest BCUT2D eigenvalue weighted by Gasteiger charge is 2.42. The summed E-state index contributed by atoms with van der Waals surface area (Å²) in [6.07, 6.45) is 3.48. The van der Waals surface area contributed by atoms with Gasteiger partial charge in [-0.25, -0.2) is 4.39 Å². The van der Waals surface area contributed by atoms with Gasteiger partial charge in [-0.2, -0.15) is 0 Å². The fourth-order valence-corrected chi connectivity index (χ4v) is 2.22. The second-order valence-electron chi connectivity index (χ2n) is 5.23. The first kappa shape index (κ1) is 12.2. The van der Waals surface area contributed by atoms with Crippen LogP contribution in [0, 0.1) is 11.2 Å². The minimum absolute atomic E-state index is 0.104. The van der Waals surface area contributed by atoms with Gasteiger partial charge in [0.25, 0.3) is 5.91 Å². The first-order chi connectivity index (χ1) is 9.13. The lowest BCUT2D eigenvalue weighted by Crippen LogP contribution is -2.31. The molecule has 0 atom stereocenters. The number of aromatic amines is 1. The van der Waals surface area contributed by atoms with E-state index in [1.54, 1.807) is 12.3 Å². The van der Waals surface area contributed by atoms with Crippen molar-refractivity contribution in [3.63, 3.8) is 0 Å². The van der Waals surface area contributed by atoms with Gasteiger partial charge in [0.2, 0.25) is 0 Å². The maximum absolute atomic E-state index is 13.1. The van der Waals surface area contributed by atoms with Crippen LogP contribution in [0.4, 0.5) is 4.39 Å². The molecule has 0 saturated heterocycles. The highest BCUT2D eigenvalue weighted by molar-refractivity contribution is 6.06. The van der Waals surface area contributed by atoms with Gasteiger partial charge in [0, 0.05) is 29.1 Å². The minimum Gasteiger partial charge on any atom is -0.396 e. The molecule has 3 N–H and O–H groups in total. The van der Waals surface area contributed by atoms with E-state index in [2.05, 4.69) is 10.3 Å². The molecule has 4 nitrogen and oxygen atoms in total. The van der Waals surface area contributed by atoms with Crippen LogP contribution in [0.15, 0.2) is 24.4 Å². The standard InChI is InChI=1S/C14H15FN2O2/c15-9-1-2-10-11(6-16-12(10)5-9)13(19)17-7-14(8-18)3-4-14/h1-2,5-6,16,18H,3-4,7-8H2,(H,17,19). The molecule has 1 saturated carbocycles. The summed E-state index contributed by atoms with van der Waals surface area (Å²) in [5.41, 5.74) is 0.991. The highest BCUT2D eigenvalue weighted by Crippen LogP contribution is 2.44. The lowest BCUT2D eigenvalue weighted by molar-refractivity contribution is 0.0937. The Bertz CT molecular complexity index is 631. The van der Waals surface area contributed by atoms with Crippen molar-refractivity contribution >= 4 is 16.8 Å². The fourth-order valence-electron chi connectivity index (χ4n) is 2.22. The molecule has 1 amide bonds. The van der Waals surface area contributed by atoms with Crippen molar-refractivity contribution < 1.29 is 14.3 Å². The molecule has 1 heterocycles. The summed E-state index contributed by atoms with van der Waals surface area (Å²) in [7, 11) is 0. The van der Waals surface area contributed by atoms with Crippen molar-refractivity contribution in [1.82, 2.24) is 10.3 Å². The van der Waals surface area contributed by atoms with Crippen LogP contribution < -0.4 is 5.32 Å². The quantitative estimate of drug-likeness (QED) is 0.786. The van der Waals surface area contributed by atoms with Gasteiger partial charge in [0.05, 0.1) is 12.2 Å². The largest absolute Gasteiger partial charge is 0.396 e. The van der Waals surface area contributed by atoms with Crippen molar-refractivity contribution in [2.45, 2.75) is 12.8 Å². The highest BCUT2D eigenvalue weighted by atomic mass is 19.1. The zero-order chi connectivity index (χ0) is 13.5. The van der Waals surface area contributed by atoms with Gasteiger partial charge in [-0.1, -0.05) is 0 Å². The molecule has 3 rings (SSSR count). The van der Waals surface area contributed by atoms with Crippen molar-refractivity contribution in [3.05, 3.63) is 35.8 Å². The van der Waals surface area contributed by atoms with Gasteiger partial charge in [0.15, 0.2) is 0 Å². The van der Waals surface area contributed by atoms with E-state index in [0.29, 0.717) is 23.0 Å². The van der Waals surface area contributed by atoms with Crippen molar-refractivity contribution in [1.29, 1.82) is 0 Å².